The summed E-state index contributed by atoms with van der Waals surface area (Å²) in [7, 11) is 0. The van der Waals surface area contributed by atoms with E-state index in [1.54, 1.807) is 0 Å². The second-order valence-corrected chi connectivity index (χ2v) is 5.40. The maximum atomic E-state index is 11.7. The van der Waals surface area contributed by atoms with Gasteiger partial charge in [0.15, 0.2) is 0 Å². The van der Waals surface area contributed by atoms with Gasteiger partial charge < -0.3 is 10.1 Å². The highest BCUT2D eigenvalue weighted by molar-refractivity contribution is 9.09. The summed E-state index contributed by atoms with van der Waals surface area (Å²) in [5.41, 5.74) is 0. The van der Waals surface area contributed by atoms with Crippen LogP contribution in [0, 0.1) is 11.8 Å². The van der Waals surface area contributed by atoms with Gasteiger partial charge in [-0.15, -0.1) is 0 Å². The van der Waals surface area contributed by atoms with Crippen LogP contribution in [0.4, 0.5) is 0 Å². The first-order valence-corrected chi connectivity index (χ1v) is 7.22. The van der Waals surface area contributed by atoms with Crippen LogP contribution in [0.3, 0.4) is 0 Å². The van der Waals surface area contributed by atoms with Crippen LogP contribution < -0.4 is 5.32 Å². The lowest BCUT2D eigenvalue weighted by atomic mass is 10.0. The summed E-state index contributed by atoms with van der Waals surface area (Å²) < 4.78 is 5.41. The molecule has 0 aromatic rings. The molecule has 3 atom stereocenters. The van der Waals surface area contributed by atoms with Gasteiger partial charge in [-0.1, -0.05) is 29.8 Å². The Bertz CT molecular complexity index is 223. The number of amides is 1. The van der Waals surface area contributed by atoms with E-state index in [4.69, 9.17) is 4.74 Å². The summed E-state index contributed by atoms with van der Waals surface area (Å²) in [6, 6.07) is 0. The highest BCUT2D eigenvalue weighted by Crippen LogP contribution is 2.19. The summed E-state index contributed by atoms with van der Waals surface area (Å²) in [6.45, 7) is 5.77. The van der Waals surface area contributed by atoms with Gasteiger partial charge in [-0.05, 0) is 31.1 Å². The average molecular weight is 292 g/mol. The number of nitrogens with one attached hydrogen (secondary N) is 1. The lowest BCUT2D eigenvalue weighted by Gasteiger charge is -2.14. The standard InChI is InChI=1S/C12H22BrNO2/c1-9(8-13)4-3-6-14-12(15)11-10(2)5-7-16-11/h9-11H,3-8H2,1-2H3,(H,14,15). The van der Waals surface area contributed by atoms with Crippen LogP contribution in [0.25, 0.3) is 0 Å². The molecule has 0 aromatic carbocycles. The van der Waals surface area contributed by atoms with Gasteiger partial charge in [0.25, 0.3) is 0 Å². The van der Waals surface area contributed by atoms with Crippen molar-refractivity contribution in [3.05, 3.63) is 0 Å². The summed E-state index contributed by atoms with van der Waals surface area (Å²) in [6.07, 6.45) is 2.97. The molecule has 1 N–H and O–H groups in total. The van der Waals surface area contributed by atoms with E-state index in [-0.39, 0.29) is 12.0 Å². The molecule has 0 aliphatic carbocycles. The van der Waals surface area contributed by atoms with Gasteiger partial charge in [0.05, 0.1) is 0 Å². The van der Waals surface area contributed by atoms with Crippen molar-refractivity contribution >= 4 is 21.8 Å². The van der Waals surface area contributed by atoms with Gasteiger partial charge in [-0.25, -0.2) is 0 Å². The van der Waals surface area contributed by atoms with E-state index >= 15 is 0 Å². The predicted molar refractivity (Wildman–Crippen MR) is 68.7 cm³/mol. The third kappa shape index (κ3) is 4.42. The lowest BCUT2D eigenvalue weighted by Crippen LogP contribution is -2.37. The number of alkyl halides is 1. The molecule has 3 unspecified atom stereocenters. The third-order valence-corrected chi connectivity index (χ3v) is 4.19. The van der Waals surface area contributed by atoms with Crippen LogP contribution in [0.2, 0.25) is 0 Å². The number of hydrogen-bond donors (Lipinski definition) is 1. The van der Waals surface area contributed by atoms with Crippen LogP contribution in [0.15, 0.2) is 0 Å². The molecular weight excluding hydrogens is 270 g/mol. The maximum absolute atomic E-state index is 11.7. The zero-order valence-corrected chi connectivity index (χ0v) is 11.8. The molecule has 0 aromatic heterocycles. The Balaban J connectivity index is 2.10. The van der Waals surface area contributed by atoms with Crippen LogP contribution in [-0.2, 0) is 9.53 Å². The normalized spacial score (nSPS) is 26.7. The van der Waals surface area contributed by atoms with Crippen LogP contribution >= 0.6 is 15.9 Å². The fourth-order valence-electron chi connectivity index (χ4n) is 1.87. The fraction of sp³-hybridized carbons (Fsp3) is 0.917. The van der Waals surface area contributed by atoms with Crippen molar-refractivity contribution in [3.63, 3.8) is 0 Å². The Labute approximate surface area is 106 Å². The SMILES string of the molecule is CC(CBr)CCCNC(=O)C1OCCC1C. The van der Waals surface area contributed by atoms with Gasteiger partial charge in [0.2, 0.25) is 5.91 Å². The molecule has 1 fully saturated rings. The topological polar surface area (TPSA) is 38.3 Å². The zero-order valence-electron chi connectivity index (χ0n) is 10.2. The Kier molecular flexibility index (Phi) is 6.36. The van der Waals surface area contributed by atoms with Gasteiger partial charge in [0.1, 0.15) is 6.10 Å². The van der Waals surface area contributed by atoms with Gasteiger partial charge >= 0.3 is 0 Å². The van der Waals surface area contributed by atoms with E-state index in [0.29, 0.717) is 11.8 Å². The number of hydrogen-bond acceptors (Lipinski definition) is 2. The molecule has 4 heteroatoms. The summed E-state index contributed by atoms with van der Waals surface area (Å²) in [5, 5.41) is 3.99. The highest BCUT2D eigenvalue weighted by atomic mass is 79.9. The molecule has 1 aliphatic heterocycles. The molecule has 1 heterocycles. The summed E-state index contributed by atoms with van der Waals surface area (Å²) in [4.78, 5) is 11.7. The first kappa shape index (κ1) is 14.0. The van der Waals surface area contributed by atoms with Gasteiger partial charge in [0, 0.05) is 18.5 Å². The Hall–Kier alpha value is -0.0900. The Morgan fingerprint density at radius 1 is 1.62 bits per heavy atom. The number of carbonyl (C=O) groups excluding carboxylic acids is 1. The molecule has 16 heavy (non-hydrogen) atoms. The first-order valence-electron chi connectivity index (χ1n) is 6.10. The maximum Gasteiger partial charge on any atom is 0.249 e. The smallest absolute Gasteiger partial charge is 0.249 e. The van der Waals surface area contributed by atoms with Crippen molar-refractivity contribution in [2.45, 2.75) is 39.2 Å². The van der Waals surface area contributed by atoms with Crippen molar-refractivity contribution in [1.29, 1.82) is 0 Å². The molecular formula is C12H22BrNO2. The minimum atomic E-state index is -0.214. The number of rotatable bonds is 6. The zero-order chi connectivity index (χ0) is 12.0. The van der Waals surface area contributed by atoms with Gasteiger partial charge in [-0.3, -0.25) is 4.79 Å². The largest absolute Gasteiger partial charge is 0.368 e. The molecule has 1 aliphatic rings. The van der Waals surface area contributed by atoms with Crippen molar-refractivity contribution in [3.8, 4) is 0 Å². The van der Waals surface area contributed by atoms with Crippen molar-refractivity contribution < 1.29 is 9.53 Å². The molecule has 1 saturated heterocycles. The molecule has 94 valence electrons. The quantitative estimate of drug-likeness (QED) is 0.603. The third-order valence-electron chi connectivity index (χ3n) is 3.08. The predicted octanol–water partition coefficient (Wildman–Crippen LogP) is 2.34. The molecule has 1 rings (SSSR count). The van der Waals surface area contributed by atoms with E-state index < -0.39 is 0 Å². The van der Waals surface area contributed by atoms with Crippen LogP contribution in [0.5, 0.6) is 0 Å². The second-order valence-electron chi connectivity index (χ2n) is 4.75. The van der Waals surface area contributed by atoms with Gasteiger partial charge in [-0.2, -0.15) is 0 Å². The first-order chi connectivity index (χ1) is 7.65. The fourth-order valence-corrected chi connectivity index (χ4v) is 2.19. The van der Waals surface area contributed by atoms with Crippen molar-refractivity contribution in [2.75, 3.05) is 18.5 Å². The van der Waals surface area contributed by atoms with E-state index in [1.807, 2.05) is 0 Å². The van der Waals surface area contributed by atoms with Crippen molar-refractivity contribution in [1.82, 2.24) is 5.32 Å². The monoisotopic (exact) mass is 291 g/mol. The molecule has 0 spiro atoms. The molecule has 1 amide bonds. The summed E-state index contributed by atoms with van der Waals surface area (Å²) >= 11 is 3.45. The van der Waals surface area contributed by atoms with Crippen LogP contribution in [0.1, 0.15) is 33.1 Å². The Morgan fingerprint density at radius 2 is 2.38 bits per heavy atom. The molecule has 0 saturated carbocycles. The number of carbonyl (C=O) groups is 1. The second kappa shape index (κ2) is 7.28. The minimum Gasteiger partial charge on any atom is -0.368 e. The average Bonchev–Trinajstić information content (AvgIpc) is 2.70. The molecule has 0 bridgehead atoms. The van der Waals surface area contributed by atoms with E-state index in [1.165, 1.54) is 0 Å². The molecule has 0 radical (unpaired) electrons. The lowest BCUT2D eigenvalue weighted by molar-refractivity contribution is -0.131. The number of halogens is 1. The minimum absolute atomic E-state index is 0.0662. The number of ether oxygens (including phenoxy) is 1. The van der Waals surface area contributed by atoms with E-state index in [0.717, 1.165) is 37.7 Å². The highest BCUT2D eigenvalue weighted by Gasteiger charge is 2.30. The molecule has 3 nitrogen and oxygen atoms in total. The Morgan fingerprint density at radius 3 is 2.94 bits per heavy atom. The van der Waals surface area contributed by atoms with E-state index in [9.17, 15) is 4.79 Å². The van der Waals surface area contributed by atoms with Crippen molar-refractivity contribution in [2.24, 2.45) is 11.8 Å². The summed E-state index contributed by atoms with van der Waals surface area (Å²) in [5.74, 6) is 1.11. The van der Waals surface area contributed by atoms with Crippen LogP contribution in [-0.4, -0.2) is 30.5 Å². The van der Waals surface area contributed by atoms with E-state index in [2.05, 4.69) is 35.1 Å².